The molecule has 162 valence electrons. The lowest BCUT2D eigenvalue weighted by Gasteiger charge is -2.27. The van der Waals surface area contributed by atoms with Crippen LogP contribution in [-0.2, 0) is 9.53 Å². The average Bonchev–Trinajstić information content (AvgIpc) is 2.56. The third kappa shape index (κ3) is 10.2. The van der Waals surface area contributed by atoms with Gasteiger partial charge in [0, 0.05) is 6.42 Å². The molecule has 0 atom stereocenters. The Bertz CT molecular complexity index is 409. The molecule has 0 saturated heterocycles. The van der Waals surface area contributed by atoms with Crippen molar-refractivity contribution in [3.63, 3.8) is 0 Å². The van der Waals surface area contributed by atoms with Crippen molar-refractivity contribution >= 4 is 5.97 Å². The Kier molecular flexibility index (Phi) is 12.0. The molecule has 27 heavy (non-hydrogen) atoms. The molecule has 2 nitrogen and oxygen atoms in total. The van der Waals surface area contributed by atoms with Gasteiger partial charge in [-0.3, -0.25) is 4.79 Å². The summed E-state index contributed by atoms with van der Waals surface area (Å²) in [7, 11) is 0. The number of hydrogen-bond donors (Lipinski definition) is 0. The maximum atomic E-state index is 13.0. The average molecular weight is 410 g/mol. The summed E-state index contributed by atoms with van der Waals surface area (Å²) in [5, 5.41) is 0. The molecule has 0 radical (unpaired) electrons. The van der Waals surface area contributed by atoms with E-state index in [1.165, 1.54) is 32.1 Å². The number of alkyl halides is 7. The van der Waals surface area contributed by atoms with E-state index in [2.05, 4.69) is 11.7 Å². The molecule has 0 bridgehead atoms. The van der Waals surface area contributed by atoms with Gasteiger partial charge < -0.3 is 4.74 Å². The second-order valence-electron chi connectivity index (χ2n) is 6.72. The molecule has 0 aromatic rings. The van der Waals surface area contributed by atoms with Crippen LogP contribution in [0.1, 0.15) is 84.0 Å². The van der Waals surface area contributed by atoms with Crippen LogP contribution in [0.15, 0.2) is 0 Å². The van der Waals surface area contributed by atoms with Gasteiger partial charge in [-0.15, -0.1) is 0 Å². The zero-order valence-corrected chi connectivity index (χ0v) is 15.7. The van der Waals surface area contributed by atoms with E-state index in [4.69, 9.17) is 0 Å². The summed E-state index contributed by atoms with van der Waals surface area (Å²) in [5.41, 5.74) is 0. The van der Waals surface area contributed by atoms with Gasteiger partial charge in [-0.25, -0.2) is 0 Å². The first-order chi connectivity index (χ1) is 12.5. The van der Waals surface area contributed by atoms with Crippen molar-refractivity contribution in [1.29, 1.82) is 0 Å². The lowest BCUT2D eigenvalue weighted by atomic mass is 10.1. The third-order valence-electron chi connectivity index (χ3n) is 4.21. The van der Waals surface area contributed by atoms with Crippen LogP contribution >= 0.6 is 0 Å². The zero-order valence-electron chi connectivity index (χ0n) is 15.7. The van der Waals surface area contributed by atoms with Gasteiger partial charge in [0.15, 0.2) is 6.61 Å². The number of unbranched alkanes of at least 4 members (excludes halogenated alkanes) is 10. The topological polar surface area (TPSA) is 26.3 Å². The number of rotatable bonds is 15. The number of esters is 1. The molecule has 0 aliphatic rings. The molecule has 9 heteroatoms. The second kappa shape index (κ2) is 12.4. The van der Waals surface area contributed by atoms with Crippen LogP contribution in [-0.4, -0.2) is 30.6 Å². The van der Waals surface area contributed by atoms with Crippen LogP contribution in [0.25, 0.3) is 0 Å². The van der Waals surface area contributed by atoms with Gasteiger partial charge in [-0.2, -0.15) is 30.7 Å². The predicted octanol–water partition coefficient (Wildman–Crippen LogP) is 7.06. The Hall–Kier alpha value is -1.02. The highest BCUT2D eigenvalue weighted by atomic mass is 19.4. The van der Waals surface area contributed by atoms with Crippen LogP contribution in [0, 0.1) is 0 Å². The summed E-state index contributed by atoms with van der Waals surface area (Å²) in [4.78, 5) is 11.2. The van der Waals surface area contributed by atoms with Gasteiger partial charge in [-0.1, -0.05) is 71.1 Å². The van der Waals surface area contributed by atoms with E-state index >= 15 is 0 Å². The minimum Gasteiger partial charge on any atom is -0.459 e. The van der Waals surface area contributed by atoms with Crippen LogP contribution < -0.4 is 0 Å². The normalized spacial score (nSPS) is 13.0. The molecule has 0 fully saturated rings. The molecule has 0 aliphatic heterocycles. The molecule has 0 spiro atoms. The first-order valence-corrected chi connectivity index (χ1v) is 9.43. The standard InChI is InChI=1S/C18H29F7O2/c1-2-3-4-5-6-7-8-9-10-11-12-13-15(26)27-14-16(19,20)17(21,22)18(23,24)25/h2-14H2,1H3. The smallest absolute Gasteiger partial charge is 0.459 e. The molecular weight excluding hydrogens is 381 g/mol. The molecule has 0 N–H and O–H groups in total. The van der Waals surface area contributed by atoms with Crippen molar-refractivity contribution in [2.75, 3.05) is 6.61 Å². The van der Waals surface area contributed by atoms with E-state index in [1.807, 2.05) is 0 Å². The molecule has 0 aromatic heterocycles. The quantitative estimate of drug-likeness (QED) is 0.164. The Morgan fingerprint density at radius 2 is 1.11 bits per heavy atom. The largest absolute Gasteiger partial charge is 0.460 e. The monoisotopic (exact) mass is 410 g/mol. The van der Waals surface area contributed by atoms with E-state index < -0.39 is 30.6 Å². The highest BCUT2D eigenvalue weighted by molar-refractivity contribution is 5.69. The van der Waals surface area contributed by atoms with Crippen LogP contribution in [0.5, 0.6) is 0 Å². The van der Waals surface area contributed by atoms with Crippen molar-refractivity contribution in [2.45, 2.75) is 102 Å². The first-order valence-electron chi connectivity index (χ1n) is 9.43. The van der Waals surface area contributed by atoms with Gasteiger partial charge in [0.05, 0.1) is 0 Å². The lowest BCUT2D eigenvalue weighted by molar-refractivity contribution is -0.359. The fourth-order valence-corrected chi connectivity index (χ4v) is 2.47. The summed E-state index contributed by atoms with van der Waals surface area (Å²) < 4.78 is 90.9. The second-order valence-corrected chi connectivity index (χ2v) is 6.72. The number of carbonyl (C=O) groups is 1. The van der Waals surface area contributed by atoms with Crippen LogP contribution in [0.4, 0.5) is 30.7 Å². The number of halogens is 7. The fraction of sp³-hybridized carbons (Fsp3) is 0.944. The van der Waals surface area contributed by atoms with Crippen LogP contribution in [0.2, 0.25) is 0 Å². The van der Waals surface area contributed by atoms with Gasteiger partial charge in [0.2, 0.25) is 0 Å². The Labute approximate surface area is 155 Å². The number of ether oxygens (including phenoxy) is 1. The summed E-state index contributed by atoms with van der Waals surface area (Å²) in [6.07, 6.45) is 4.35. The van der Waals surface area contributed by atoms with Crippen molar-refractivity contribution < 1.29 is 40.3 Å². The first kappa shape index (κ1) is 26.0. The van der Waals surface area contributed by atoms with E-state index in [0.29, 0.717) is 12.8 Å². The SMILES string of the molecule is CCCCCCCCCCCCCC(=O)OCC(F)(F)C(F)(F)C(F)(F)F. The molecule has 0 rings (SSSR count). The Morgan fingerprint density at radius 1 is 0.704 bits per heavy atom. The third-order valence-corrected chi connectivity index (χ3v) is 4.21. The minimum atomic E-state index is -6.42. The van der Waals surface area contributed by atoms with Crippen molar-refractivity contribution in [2.24, 2.45) is 0 Å². The summed E-state index contributed by atoms with van der Waals surface area (Å²) in [5.74, 6) is -13.0. The van der Waals surface area contributed by atoms with Gasteiger partial charge in [0.1, 0.15) is 0 Å². The van der Waals surface area contributed by atoms with E-state index in [-0.39, 0.29) is 6.42 Å². The van der Waals surface area contributed by atoms with Crippen LogP contribution in [0.3, 0.4) is 0 Å². The molecule has 0 aromatic carbocycles. The lowest BCUT2D eigenvalue weighted by Crippen LogP contribution is -2.54. The van der Waals surface area contributed by atoms with E-state index in [0.717, 1.165) is 25.7 Å². The maximum absolute atomic E-state index is 13.0. The van der Waals surface area contributed by atoms with E-state index in [1.54, 1.807) is 0 Å². The molecule has 0 aliphatic carbocycles. The molecule has 0 unspecified atom stereocenters. The predicted molar refractivity (Wildman–Crippen MR) is 88.0 cm³/mol. The highest BCUT2D eigenvalue weighted by Gasteiger charge is 2.73. The van der Waals surface area contributed by atoms with Gasteiger partial charge in [0.25, 0.3) is 0 Å². The summed E-state index contributed by atoms with van der Waals surface area (Å²) >= 11 is 0. The van der Waals surface area contributed by atoms with Gasteiger partial charge in [-0.05, 0) is 6.42 Å². The van der Waals surface area contributed by atoms with Gasteiger partial charge >= 0.3 is 24.0 Å². The summed E-state index contributed by atoms with van der Waals surface area (Å²) in [6, 6.07) is 0. The number of carbonyl (C=O) groups excluding carboxylic acids is 1. The van der Waals surface area contributed by atoms with Crippen molar-refractivity contribution in [3.8, 4) is 0 Å². The molecule has 0 heterocycles. The van der Waals surface area contributed by atoms with Crippen molar-refractivity contribution in [1.82, 2.24) is 0 Å². The maximum Gasteiger partial charge on any atom is 0.460 e. The Morgan fingerprint density at radius 3 is 1.52 bits per heavy atom. The Balaban J connectivity index is 3.78. The molecule has 0 saturated carbocycles. The fourth-order valence-electron chi connectivity index (χ4n) is 2.47. The van der Waals surface area contributed by atoms with Crippen molar-refractivity contribution in [3.05, 3.63) is 0 Å². The summed E-state index contributed by atoms with van der Waals surface area (Å²) in [6.45, 7) is -0.143. The molecular formula is C18H29F7O2. The minimum absolute atomic E-state index is 0.287. The zero-order chi connectivity index (χ0) is 21.0. The number of hydrogen-bond acceptors (Lipinski definition) is 2. The van der Waals surface area contributed by atoms with E-state index in [9.17, 15) is 35.5 Å². The molecule has 0 amide bonds. The highest BCUT2D eigenvalue weighted by Crippen LogP contribution is 2.46.